The Morgan fingerprint density at radius 2 is 1.73 bits per heavy atom. The monoisotopic (exact) mass is 298 g/mol. The van der Waals surface area contributed by atoms with Gasteiger partial charge in [-0.2, -0.15) is 0 Å². The third-order valence-electron chi connectivity index (χ3n) is 4.16. The van der Waals surface area contributed by atoms with Crippen LogP contribution in [0.4, 0.5) is 0 Å². The molecule has 0 unspecified atom stereocenters. The number of nitrogens with zero attached hydrogens (tertiary/aromatic N) is 2. The Morgan fingerprint density at radius 1 is 1.05 bits per heavy atom. The number of aromatic nitrogens is 2. The molecule has 3 rings (SSSR count). The summed E-state index contributed by atoms with van der Waals surface area (Å²) in [5.41, 5.74) is 3.03. The minimum absolute atomic E-state index is 0.455. The van der Waals surface area contributed by atoms with Crippen molar-refractivity contribution in [3.63, 3.8) is 0 Å². The van der Waals surface area contributed by atoms with E-state index in [2.05, 4.69) is 0 Å². The van der Waals surface area contributed by atoms with Crippen molar-refractivity contribution in [2.45, 2.75) is 33.9 Å². The van der Waals surface area contributed by atoms with E-state index in [4.69, 9.17) is 4.42 Å². The fourth-order valence-corrected chi connectivity index (χ4v) is 2.88. The van der Waals surface area contributed by atoms with Crippen molar-refractivity contribution in [3.05, 3.63) is 68.1 Å². The molecule has 0 amide bonds. The highest BCUT2D eigenvalue weighted by Gasteiger charge is 2.19. The van der Waals surface area contributed by atoms with Gasteiger partial charge in [0, 0.05) is 18.8 Å². The maximum atomic E-state index is 12.1. The van der Waals surface area contributed by atoms with E-state index >= 15 is 0 Å². The van der Waals surface area contributed by atoms with E-state index in [1.165, 1.54) is 4.57 Å². The van der Waals surface area contributed by atoms with Crippen molar-refractivity contribution in [2.75, 3.05) is 0 Å². The standard InChI is InChI=1S/C17H18N2O3/c1-4-18-15-14(16(20)22-17(18)21)11(2)12(3)19(15)10-13-8-6-5-7-9-13/h5-9H,4,10H2,1-3H3. The summed E-state index contributed by atoms with van der Waals surface area (Å²) in [5, 5.41) is 0.495. The largest absolute Gasteiger partial charge is 0.423 e. The van der Waals surface area contributed by atoms with E-state index in [-0.39, 0.29) is 0 Å². The lowest BCUT2D eigenvalue weighted by Gasteiger charge is -2.11. The molecule has 0 aliphatic heterocycles. The molecule has 0 saturated carbocycles. The van der Waals surface area contributed by atoms with Gasteiger partial charge in [0.2, 0.25) is 0 Å². The molecule has 0 bridgehead atoms. The number of aryl methyl sites for hydroxylation is 2. The second-order valence-electron chi connectivity index (χ2n) is 5.38. The van der Waals surface area contributed by atoms with Gasteiger partial charge in [0.1, 0.15) is 11.0 Å². The smallest absolute Gasteiger partial charge is 0.372 e. The highest BCUT2D eigenvalue weighted by Crippen LogP contribution is 2.22. The van der Waals surface area contributed by atoms with E-state index in [1.54, 1.807) is 0 Å². The van der Waals surface area contributed by atoms with Gasteiger partial charge in [-0.3, -0.25) is 4.57 Å². The molecule has 5 heteroatoms. The first-order chi connectivity index (χ1) is 10.5. The predicted octanol–water partition coefficient (Wildman–Crippen LogP) is 2.44. The summed E-state index contributed by atoms with van der Waals surface area (Å²) < 4.78 is 8.38. The van der Waals surface area contributed by atoms with Crippen molar-refractivity contribution < 1.29 is 4.42 Å². The Morgan fingerprint density at radius 3 is 2.36 bits per heavy atom. The van der Waals surface area contributed by atoms with Crippen LogP contribution in [0.1, 0.15) is 23.7 Å². The molecule has 2 aromatic heterocycles. The van der Waals surface area contributed by atoms with Crippen LogP contribution < -0.4 is 11.4 Å². The summed E-state index contributed by atoms with van der Waals surface area (Å²) in [5.74, 6) is -0.605. The van der Waals surface area contributed by atoms with Crippen LogP contribution in [-0.2, 0) is 13.1 Å². The predicted molar refractivity (Wildman–Crippen MR) is 85.4 cm³/mol. The maximum Gasteiger partial charge on any atom is 0.423 e. The molecule has 5 nitrogen and oxygen atoms in total. The van der Waals surface area contributed by atoms with E-state index in [0.29, 0.717) is 24.1 Å². The molecule has 0 fully saturated rings. The normalized spacial score (nSPS) is 11.2. The minimum atomic E-state index is -0.605. The quantitative estimate of drug-likeness (QED) is 0.746. The zero-order chi connectivity index (χ0) is 15.9. The Balaban J connectivity index is 2.37. The molecular formula is C17H18N2O3. The van der Waals surface area contributed by atoms with E-state index < -0.39 is 11.4 Å². The van der Waals surface area contributed by atoms with Gasteiger partial charge in [-0.15, -0.1) is 0 Å². The summed E-state index contributed by atoms with van der Waals surface area (Å²) in [6.45, 7) is 6.78. The Kier molecular flexibility index (Phi) is 3.48. The molecule has 0 aliphatic carbocycles. The Bertz CT molecular complexity index is 946. The van der Waals surface area contributed by atoms with Gasteiger partial charge in [0.25, 0.3) is 0 Å². The third-order valence-corrected chi connectivity index (χ3v) is 4.16. The van der Waals surface area contributed by atoms with Crippen molar-refractivity contribution in [1.82, 2.24) is 9.13 Å². The van der Waals surface area contributed by atoms with Gasteiger partial charge in [-0.05, 0) is 31.9 Å². The molecule has 3 aromatic rings. The van der Waals surface area contributed by atoms with Gasteiger partial charge in [0.15, 0.2) is 0 Å². The second kappa shape index (κ2) is 5.33. The van der Waals surface area contributed by atoms with Crippen LogP contribution in [0.15, 0.2) is 44.3 Å². The molecule has 0 saturated heterocycles. The van der Waals surface area contributed by atoms with Gasteiger partial charge in [0.05, 0.1) is 0 Å². The molecule has 0 radical (unpaired) electrons. The molecule has 0 atom stereocenters. The van der Waals surface area contributed by atoms with Crippen molar-refractivity contribution in [3.8, 4) is 0 Å². The second-order valence-corrected chi connectivity index (χ2v) is 5.38. The molecule has 0 spiro atoms. The third kappa shape index (κ3) is 2.09. The lowest BCUT2D eigenvalue weighted by atomic mass is 10.2. The summed E-state index contributed by atoms with van der Waals surface area (Å²) in [6, 6.07) is 9.97. The van der Waals surface area contributed by atoms with Crippen molar-refractivity contribution in [1.29, 1.82) is 0 Å². The Labute approximate surface area is 127 Å². The molecule has 114 valence electrons. The average Bonchev–Trinajstić information content (AvgIpc) is 2.74. The summed E-state index contributed by atoms with van der Waals surface area (Å²) in [7, 11) is 0. The lowest BCUT2D eigenvalue weighted by molar-refractivity contribution is 0.418. The van der Waals surface area contributed by atoms with Crippen LogP contribution in [0.5, 0.6) is 0 Å². The number of hydrogen-bond acceptors (Lipinski definition) is 3. The van der Waals surface area contributed by atoms with Crippen LogP contribution >= 0.6 is 0 Å². The van der Waals surface area contributed by atoms with Crippen LogP contribution in [0, 0.1) is 13.8 Å². The summed E-state index contributed by atoms with van der Waals surface area (Å²) in [6.07, 6.45) is 0. The number of hydrogen-bond donors (Lipinski definition) is 0. The Hall–Kier alpha value is -2.56. The summed E-state index contributed by atoms with van der Waals surface area (Å²) in [4.78, 5) is 24.1. The zero-order valence-electron chi connectivity index (χ0n) is 12.9. The van der Waals surface area contributed by atoms with Gasteiger partial charge in [-0.1, -0.05) is 30.3 Å². The first-order valence-corrected chi connectivity index (χ1v) is 7.31. The first-order valence-electron chi connectivity index (χ1n) is 7.31. The number of benzene rings is 1. The molecule has 1 aromatic carbocycles. The molecule has 2 heterocycles. The highest BCUT2D eigenvalue weighted by atomic mass is 16.4. The van der Waals surface area contributed by atoms with Crippen LogP contribution in [0.2, 0.25) is 0 Å². The van der Waals surface area contributed by atoms with Crippen LogP contribution in [0.3, 0.4) is 0 Å². The summed E-state index contributed by atoms with van der Waals surface area (Å²) >= 11 is 0. The molecule has 0 N–H and O–H groups in total. The fraction of sp³-hybridized carbons (Fsp3) is 0.294. The van der Waals surface area contributed by atoms with E-state index in [1.807, 2.05) is 55.7 Å². The van der Waals surface area contributed by atoms with Crippen LogP contribution in [-0.4, -0.2) is 9.13 Å². The van der Waals surface area contributed by atoms with Crippen molar-refractivity contribution in [2.24, 2.45) is 0 Å². The highest BCUT2D eigenvalue weighted by molar-refractivity contribution is 5.81. The maximum absolute atomic E-state index is 12.1. The first kappa shape index (κ1) is 14.4. The van der Waals surface area contributed by atoms with Gasteiger partial charge >= 0.3 is 11.4 Å². The van der Waals surface area contributed by atoms with E-state index in [0.717, 1.165) is 16.8 Å². The van der Waals surface area contributed by atoms with Crippen LogP contribution in [0.25, 0.3) is 11.0 Å². The molecular weight excluding hydrogens is 280 g/mol. The lowest BCUT2D eigenvalue weighted by Crippen LogP contribution is -2.25. The number of rotatable bonds is 3. The fourth-order valence-electron chi connectivity index (χ4n) is 2.88. The van der Waals surface area contributed by atoms with E-state index in [9.17, 15) is 9.59 Å². The average molecular weight is 298 g/mol. The number of fused-ring (bicyclic) bond motifs is 1. The zero-order valence-corrected chi connectivity index (χ0v) is 12.9. The topological polar surface area (TPSA) is 57.1 Å². The van der Waals surface area contributed by atoms with Gasteiger partial charge in [-0.25, -0.2) is 9.59 Å². The minimum Gasteiger partial charge on any atom is -0.372 e. The van der Waals surface area contributed by atoms with Crippen molar-refractivity contribution >= 4 is 11.0 Å². The van der Waals surface area contributed by atoms with Gasteiger partial charge < -0.3 is 8.98 Å². The molecule has 0 aliphatic rings. The SMILES string of the molecule is CCn1c(=O)oc(=O)c2c(C)c(C)n(Cc3ccccc3)c21. The molecule has 22 heavy (non-hydrogen) atoms.